The molecule has 0 bridgehead atoms. The number of amides is 1. The van der Waals surface area contributed by atoms with Crippen LogP contribution < -0.4 is 0 Å². The molecule has 1 aliphatic rings. The summed E-state index contributed by atoms with van der Waals surface area (Å²) in [6, 6.07) is 0.271. The van der Waals surface area contributed by atoms with Crippen LogP contribution in [0.2, 0.25) is 0 Å². The zero-order valence-electron chi connectivity index (χ0n) is 7.79. The third-order valence-electron chi connectivity index (χ3n) is 2.49. The van der Waals surface area contributed by atoms with Gasteiger partial charge in [0.1, 0.15) is 0 Å². The predicted molar refractivity (Wildman–Crippen MR) is 46.7 cm³/mol. The van der Waals surface area contributed by atoms with E-state index >= 15 is 0 Å². The van der Waals surface area contributed by atoms with E-state index in [-0.39, 0.29) is 18.1 Å². The number of hydrogen-bond donors (Lipinski definition) is 1. The lowest BCUT2D eigenvalue weighted by Crippen LogP contribution is -2.35. The third-order valence-corrected chi connectivity index (χ3v) is 2.49. The number of β-amino-alcohol motifs (C(OH)–C–C–N with tert-alkyl or cyclic N) is 1. The molecular formula is C9H17NO2. The van der Waals surface area contributed by atoms with E-state index in [0.29, 0.717) is 13.0 Å². The fourth-order valence-electron chi connectivity index (χ4n) is 1.79. The number of rotatable bonds is 2. The first kappa shape index (κ1) is 9.52. The van der Waals surface area contributed by atoms with Gasteiger partial charge in [0, 0.05) is 19.0 Å². The quantitative estimate of drug-likeness (QED) is 0.666. The second-order valence-electron chi connectivity index (χ2n) is 3.35. The molecule has 0 radical (unpaired) electrons. The predicted octanol–water partition coefficient (Wildman–Crippen LogP) is 0.768. The third kappa shape index (κ3) is 1.78. The largest absolute Gasteiger partial charge is 0.391 e. The second kappa shape index (κ2) is 3.90. The van der Waals surface area contributed by atoms with Gasteiger partial charge in [-0.25, -0.2) is 0 Å². The first-order valence-corrected chi connectivity index (χ1v) is 4.66. The molecule has 1 aliphatic heterocycles. The summed E-state index contributed by atoms with van der Waals surface area (Å²) in [5.41, 5.74) is 0. The van der Waals surface area contributed by atoms with Gasteiger partial charge in [0.25, 0.3) is 0 Å². The monoisotopic (exact) mass is 171 g/mol. The molecule has 70 valence electrons. The topological polar surface area (TPSA) is 40.5 Å². The Bertz CT molecular complexity index is 170. The summed E-state index contributed by atoms with van der Waals surface area (Å²) in [7, 11) is 0. The maximum Gasteiger partial charge on any atom is 0.222 e. The van der Waals surface area contributed by atoms with Crippen molar-refractivity contribution in [2.75, 3.05) is 6.54 Å². The van der Waals surface area contributed by atoms with Gasteiger partial charge < -0.3 is 10.0 Å². The lowest BCUT2D eigenvalue weighted by molar-refractivity contribution is -0.132. The fraction of sp³-hybridized carbons (Fsp3) is 0.889. The molecule has 1 rings (SSSR count). The fourth-order valence-corrected chi connectivity index (χ4v) is 1.79. The van der Waals surface area contributed by atoms with Gasteiger partial charge >= 0.3 is 0 Å². The number of carbonyl (C=O) groups excluding carboxylic acids is 1. The van der Waals surface area contributed by atoms with Crippen LogP contribution >= 0.6 is 0 Å². The molecule has 0 aromatic carbocycles. The van der Waals surface area contributed by atoms with Crippen molar-refractivity contribution >= 4 is 5.91 Å². The molecule has 1 N–H and O–H groups in total. The van der Waals surface area contributed by atoms with Crippen molar-refractivity contribution in [3.63, 3.8) is 0 Å². The summed E-state index contributed by atoms with van der Waals surface area (Å²) in [4.78, 5) is 13.2. The number of carbonyl (C=O) groups is 1. The number of aliphatic hydroxyl groups is 1. The van der Waals surface area contributed by atoms with Crippen LogP contribution in [0.25, 0.3) is 0 Å². The Kier molecular flexibility index (Phi) is 3.09. The Balaban J connectivity index is 2.57. The van der Waals surface area contributed by atoms with E-state index in [1.807, 2.05) is 11.8 Å². The lowest BCUT2D eigenvalue weighted by Gasteiger charge is -2.22. The van der Waals surface area contributed by atoms with E-state index in [0.717, 1.165) is 12.8 Å². The standard InChI is InChI=1S/C9H17NO2/c1-3-7-5-8(11)6-10(7)9(12)4-2/h7-8,11H,3-6H2,1-2H3/t7-,8-/m0/s1. The molecule has 0 unspecified atom stereocenters. The van der Waals surface area contributed by atoms with Gasteiger partial charge in [-0.1, -0.05) is 13.8 Å². The maximum absolute atomic E-state index is 11.3. The van der Waals surface area contributed by atoms with Crippen LogP contribution in [0.15, 0.2) is 0 Å². The molecule has 0 aliphatic carbocycles. The van der Waals surface area contributed by atoms with Gasteiger partial charge in [-0.3, -0.25) is 4.79 Å². The molecule has 0 spiro atoms. The highest BCUT2D eigenvalue weighted by Crippen LogP contribution is 2.20. The van der Waals surface area contributed by atoms with Gasteiger partial charge in [-0.15, -0.1) is 0 Å². The molecular weight excluding hydrogens is 154 g/mol. The number of likely N-dealkylation sites (tertiary alicyclic amines) is 1. The second-order valence-corrected chi connectivity index (χ2v) is 3.35. The van der Waals surface area contributed by atoms with Crippen molar-refractivity contribution in [1.82, 2.24) is 4.90 Å². The lowest BCUT2D eigenvalue weighted by atomic mass is 10.1. The van der Waals surface area contributed by atoms with Crippen LogP contribution in [0.3, 0.4) is 0 Å². The minimum atomic E-state index is -0.301. The summed E-state index contributed by atoms with van der Waals surface area (Å²) in [6.45, 7) is 4.45. The van der Waals surface area contributed by atoms with Crippen molar-refractivity contribution in [2.24, 2.45) is 0 Å². The Morgan fingerprint density at radius 2 is 2.25 bits per heavy atom. The minimum Gasteiger partial charge on any atom is -0.391 e. The summed E-state index contributed by atoms with van der Waals surface area (Å²) in [5, 5.41) is 9.35. The van der Waals surface area contributed by atoms with Crippen molar-refractivity contribution in [2.45, 2.75) is 45.3 Å². The van der Waals surface area contributed by atoms with Crippen LogP contribution in [0.5, 0.6) is 0 Å². The molecule has 0 aromatic rings. The Hall–Kier alpha value is -0.570. The van der Waals surface area contributed by atoms with Crippen LogP contribution in [0, 0.1) is 0 Å². The van der Waals surface area contributed by atoms with Crippen LogP contribution in [0.4, 0.5) is 0 Å². The molecule has 0 aromatic heterocycles. The van der Waals surface area contributed by atoms with Gasteiger partial charge in [0.2, 0.25) is 5.91 Å². The summed E-state index contributed by atoms with van der Waals surface area (Å²) >= 11 is 0. The minimum absolute atomic E-state index is 0.165. The molecule has 1 saturated heterocycles. The molecule has 1 fully saturated rings. The highest BCUT2D eigenvalue weighted by Gasteiger charge is 2.31. The Morgan fingerprint density at radius 3 is 2.75 bits per heavy atom. The summed E-state index contributed by atoms with van der Waals surface area (Å²) in [6.07, 6.45) is 1.94. The van der Waals surface area contributed by atoms with Crippen LogP contribution in [0.1, 0.15) is 33.1 Å². The zero-order valence-corrected chi connectivity index (χ0v) is 7.79. The van der Waals surface area contributed by atoms with Gasteiger partial charge in [0.15, 0.2) is 0 Å². The van der Waals surface area contributed by atoms with E-state index < -0.39 is 0 Å². The van der Waals surface area contributed by atoms with Gasteiger partial charge in [-0.2, -0.15) is 0 Å². The van der Waals surface area contributed by atoms with Crippen molar-refractivity contribution in [1.29, 1.82) is 0 Å². The van der Waals surface area contributed by atoms with Crippen LogP contribution in [-0.4, -0.2) is 34.6 Å². The molecule has 3 heteroatoms. The molecule has 3 nitrogen and oxygen atoms in total. The molecule has 12 heavy (non-hydrogen) atoms. The smallest absolute Gasteiger partial charge is 0.222 e. The summed E-state index contributed by atoms with van der Waals surface area (Å²) in [5.74, 6) is 0.165. The molecule has 1 amide bonds. The van der Waals surface area contributed by atoms with E-state index in [1.54, 1.807) is 0 Å². The van der Waals surface area contributed by atoms with Crippen molar-refractivity contribution in [3.8, 4) is 0 Å². The van der Waals surface area contributed by atoms with E-state index in [9.17, 15) is 9.90 Å². The number of nitrogens with zero attached hydrogens (tertiary/aromatic N) is 1. The maximum atomic E-state index is 11.3. The van der Waals surface area contributed by atoms with Crippen molar-refractivity contribution < 1.29 is 9.90 Å². The Labute approximate surface area is 73.4 Å². The van der Waals surface area contributed by atoms with Gasteiger partial charge in [0.05, 0.1) is 6.10 Å². The van der Waals surface area contributed by atoms with Gasteiger partial charge in [-0.05, 0) is 12.8 Å². The molecule has 1 heterocycles. The highest BCUT2D eigenvalue weighted by molar-refractivity contribution is 5.76. The number of aliphatic hydroxyl groups excluding tert-OH is 1. The van der Waals surface area contributed by atoms with E-state index in [2.05, 4.69) is 6.92 Å². The first-order chi connectivity index (χ1) is 5.69. The SMILES string of the molecule is CCC(=O)N1C[C@@H](O)C[C@@H]1CC. The average Bonchev–Trinajstić information content (AvgIpc) is 2.45. The average molecular weight is 171 g/mol. The zero-order chi connectivity index (χ0) is 9.14. The number of hydrogen-bond acceptors (Lipinski definition) is 2. The first-order valence-electron chi connectivity index (χ1n) is 4.66. The normalized spacial score (nSPS) is 29.4. The summed E-state index contributed by atoms with van der Waals surface area (Å²) < 4.78 is 0. The van der Waals surface area contributed by atoms with E-state index in [1.165, 1.54) is 0 Å². The molecule has 2 atom stereocenters. The molecule has 0 saturated carbocycles. The van der Waals surface area contributed by atoms with E-state index in [4.69, 9.17) is 0 Å². The Morgan fingerprint density at radius 1 is 1.58 bits per heavy atom. The van der Waals surface area contributed by atoms with Crippen LogP contribution in [-0.2, 0) is 4.79 Å². The highest BCUT2D eigenvalue weighted by atomic mass is 16.3. The van der Waals surface area contributed by atoms with Crippen molar-refractivity contribution in [3.05, 3.63) is 0 Å².